The predicted octanol–water partition coefficient (Wildman–Crippen LogP) is 3.96. The van der Waals surface area contributed by atoms with Crippen molar-refractivity contribution >= 4 is 57.1 Å². The van der Waals surface area contributed by atoms with Crippen LogP contribution in [-0.4, -0.2) is 43.7 Å². The molecule has 11 heteroatoms. The Morgan fingerprint density at radius 2 is 1.73 bits per heavy atom. The molecular weight excluding hydrogens is 562 g/mol. The number of nitrogens with zero attached hydrogens (tertiary/aromatic N) is 1. The molecule has 1 aliphatic heterocycles. The van der Waals surface area contributed by atoms with Crippen LogP contribution in [0.2, 0.25) is 0 Å². The van der Waals surface area contributed by atoms with Crippen molar-refractivity contribution in [2.24, 2.45) is 5.92 Å². The van der Waals surface area contributed by atoms with Crippen LogP contribution < -0.4 is 10.6 Å². The highest BCUT2D eigenvalue weighted by Crippen LogP contribution is 2.40. The second-order valence-corrected chi connectivity index (χ2v) is 10.1. The first kappa shape index (κ1) is 28.0. The second kappa shape index (κ2) is 12.1. The first-order valence-electron chi connectivity index (χ1n) is 11.0. The van der Waals surface area contributed by atoms with Gasteiger partial charge in [0.05, 0.1) is 42.2 Å². The second-order valence-electron chi connectivity index (χ2n) is 8.19. The van der Waals surface area contributed by atoms with E-state index in [1.54, 1.807) is 12.1 Å². The Morgan fingerprint density at radius 1 is 1.11 bits per heavy atom. The summed E-state index contributed by atoms with van der Waals surface area (Å²) in [6, 6.07) is 11.9. The maximum Gasteiger partial charge on any atom is 0.337 e. The summed E-state index contributed by atoms with van der Waals surface area (Å²) >= 11 is 4.41. The lowest BCUT2D eigenvalue weighted by molar-refractivity contribution is -0.150. The lowest BCUT2D eigenvalue weighted by Crippen LogP contribution is -2.44. The fourth-order valence-electron chi connectivity index (χ4n) is 4.05. The fraction of sp³-hybridized carbons (Fsp3) is 0.269. The number of allylic oxidation sites excluding steroid dienone is 1. The summed E-state index contributed by atoms with van der Waals surface area (Å²) in [4.78, 5) is 50.1. The van der Waals surface area contributed by atoms with Gasteiger partial charge >= 0.3 is 11.9 Å². The molecule has 0 bridgehead atoms. The van der Waals surface area contributed by atoms with E-state index in [-0.39, 0.29) is 27.8 Å². The van der Waals surface area contributed by atoms with Crippen molar-refractivity contribution < 1.29 is 28.7 Å². The Hall–Kier alpha value is -3.62. The third-order valence-corrected chi connectivity index (χ3v) is 7.26. The van der Waals surface area contributed by atoms with Gasteiger partial charge < -0.3 is 20.1 Å². The quantitative estimate of drug-likeness (QED) is 0.368. The molecule has 0 spiro atoms. The van der Waals surface area contributed by atoms with Gasteiger partial charge in [-0.1, -0.05) is 39.8 Å². The van der Waals surface area contributed by atoms with Crippen molar-refractivity contribution in [1.29, 1.82) is 5.26 Å². The summed E-state index contributed by atoms with van der Waals surface area (Å²) in [5.41, 5.74) is 3.28. The number of nitriles is 1. The van der Waals surface area contributed by atoms with E-state index in [4.69, 9.17) is 9.47 Å². The Bertz CT molecular complexity index is 1310. The fourth-order valence-corrected chi connectivity index (χ4v) is 5.58. The van der Waals surface area contributed by atoms with Crippen molar-refractivity contribution in [3.8, 4) is 6.07 Å². The summed E-state index contributed by atoms with van der Waals surface area (Å²) < 4.78 is 10.4. The SMILES string of the molecule is COC(=O)c1ccc([C@H]2C(C#N)=C(SCC(=O)Nc3c(C)cc(Br)cc3C)NC(=O)[C@@H]2C(=O)OC)cc1. The molecule has 2 N–H and O–H groups in total. The van der Waals surface area contributed by atoms with Crippen molar-refractivity contribution in [3.05, 3.63) is 73.7 Å². The number of carbonyl (C=O) groups is 4. The molecule has 3 rings (SSSR count). The highest BCUT2D eigenvalue weighted by atomic mass is 79.9. The summed E-state index contributed by atoms with van der Waals surface area (Å²) in [6.45, 7) is 3.75. The molecule has 1 heterocycles. The number of thioether (sulfide) groups is 1. The molecule has 2 aromatic rings. The van der Waals surface area contributed by atoms with Gasteiger partial charge in [0.2, 0.25) is 11.8 Å². The Kier molecular flexibility index (Phi) is 9.13. The van der Waals surface area contributed by atoms with E-state index in [1.165, 1.54) is 19.2 Å². The first-order chi connectivity index (χ1) is 17.6. The van der Waals surface area contributed by atoms with E-state index < -0.39 is 29.7 Å². The lowest BCUT2D eigenvalue weighted by Gasteiger charge is -2.31. The van der Waals surface area contributed by atoms with Crippen LogP contribution in [0.25, 0.3) is 0 Å². The van der Waals surface area contributed by atoms with Gasteiger partial charge in [-0.2, -0.15) is 5.26 Å². The predicted molar refractivity (Wildman–Crippen MR) is 142 cm³/mol. The highest BCUT2D eigenvalue weighted by molar-refractivity contribution is 9.10. The van der Waals surface area contributed by atoms with E-state index in [1.807, 2.05) is 26.0 Å². The van der Waals surface area contributed by atoms with E-state index in [0.29, 0.717) is 11.3 Å². The van der Waals surface area contributed by atoms with Crippen LogP contribution >= 0.6 is 27.7 Å². The van der Waals surface area contributed by atoms with E-state index >= 15 is 0 Å². The maximum atomic E-state index is 13.0. The number of esters is 2. The number of methoxy groups -OCH3 is 2. The summed E-state index contributed by atoms with van der Waals surface area (Å²) in [7, 11) is 2.41. The third-order valence-electron chi connectivity index (χ3n) is 5.78. The number of halogens is 1. The standard InChI is InChI=1S/C26H24BrN3O6S/c1-13-9-17(27)10-14(2)22(13)29-19(31)12-37-24-18(11-28)20(21(23(32)30-24)26(34)36-4)15-5-7-16(8-6-15)25(33)35-3/h5-10,20-21H,12H2,1-4H3,(H,29,31)(H,30,32)/t20-,21+/m0/s1. The molecule has 0 saturated carbocycles. The van der Waals surface area contributed by atoms with Gasteiger partial charge in [0.25, 0.3) is 0 Å². The number of benzene rings is 2. The number of amides is 2. The minimum Gasteiger partial charge on any atom is -0.468 e. The number of rotatable bonds is 7. The van der Waals surface area contributed by atoms with Gasteiger partial charge in [-0.3, -0.25) is 14.4 Å². The minimum absolute atomic E-state index is 0.0906. The van der Waals surface area contributed by atoms with Crippen LogP contribution in [0.4, 0.5) is 5.69 Å². The van der Waals surface area contributed by atoms with Crippen molar-refractivity contribution in [2.75, 3.05) is 25.3 Å². The van der Waals surface area contributed by atoms with Gasteiger partial charge in [-0.15, -0.1) is 0 Å². The molecule has 2 atom stereocenters. The van der Waals surface area contributed by atoms with Gasteiger partial charge in [-0.25, -0.2) is 4.79 Å². The smallest absolute Gasteiger partial charge is 0.337 e. The molecule has 0 saturated heterocycles. The van der Waals surface area contributed by atoms with Crippen LogP contribution in [0.3, 0.4) is 0 Å². The summed E-state index contributed by atoms with van der Waals surface area (Å²) in [6.07, 6.45) is 0. The Balaban J connectivity index is 1.92. The number of nitrogens with one attached hydrogen (secondary N) is 2. The van der Waals surface area contributed by atoms with Crippen LogP contribution in [0, 0.1) is 31.1 Å². The minimum atomic E-state index is -1.32. The van der Waals surface area contributed by atoms with Crippen LogP contribution in [0.5, 0.6) is 0 Å². The maximum absolute atomic E-state index is 13.0. The zero-order valence-electron chi connectivity index (χ0n) is 20.5. The molecule has 1 aliphatic rings. The molecule has 37 heavy (non-hydrogen) atoms. The molecule has 0 unspecified atom stereocenters. The average molecular weight is 586 g/mol. The Labute approximate surface area is 226 Å². The molecule has 0 radical (unpaired) electrons. The number of anilines is 1. The zero-order chi connectivity index (χ0) is 27.3. The van der Waals surface area contributed by atoms with E-state index in [9.17, 15) is 24.4 Å². The first-order valence-corrected chi connectivity index (χ1v) is 12.8. The molecule has 9 nitrogen and oxygen atoms in total. The van der Waals surface area contributed by atoms with Crippen LogP contribution in [0.1, 0.15) is 33.0 Å². The van der Waals surface area contributed by atoms with E-state index in [2.05, 4.69) is 32.6 Å². The normalized spacial score (nSPS) is 16.9. The molecular formula is C26H24BrN3O6S. The van der Waals surface area contributed by atoms with E-state index in [0.717, 1.165) is 34.5 Å². The average Bonchev–Trinajstić information content (AvgIpc) is 2.88. The van der Waals surface area contributed by atoms with Crippen molar-refractivity contribution in [3.63, 3.8) is 0 Å². The number of hydrogen-bond donors (Lipinski definition) is 2. The number of hydrogen-bond acceptors (Lipinski definition) is 8. The zero-order valence-corrected chi connectivity index (χ0v) is 22.9. The van der Waals surface area contributed by atoms with Crippen LogP contribution in [0.15, 0.2) is 51.5 Å². The molecule has 0 aromatic heterocycles. The van der Waals surface area contributed by atoms with Gasteiger partial charge in [0.15, 0.2) is 0 Å². The monoisotopic (exact) mass is 585 g/mol. The van der Waals surface area contributed by atoms with Crippen molar-refractivity contribution in [1.82, 2.24) is 5.32 Å². The number of aryl methyl sites for hydroxylation is 2. The highest BCUT2D eigenvalue weighted by Gasteiger charge is 2.44. The topological polar surface area (TPSA) is 135 Å². The number of ether oxygens (including phenoxy) is 2. The summed E-state index contributed by atoms with van der Waals surface area (Å²) in [5.74, 6) is -4.73. The third kappa shape index (κ3) is 6.21. The van der Waals surface area contributed by atoms with Gasteiger partial charge in [0.1, 0.15) is 5.92 Å². The molecule has 0 aliphatic carbocycles. The molecule has 2 amide bonds. The molecule has 0 fully saturated rings. The van der Waals surface area contributed by atoms with Gasteiger partial charge in [0, 0.05) is 16.1 Å². The molecule has 192 valence electrons. The Morgan fingerprint density at radius 3 is 2.27 bits per heavy atom. The van der Waals surface area contributed by atoms with Gasteiger partial charge in [-0.05, 0) is 54.8 Å². The summed E-state index contributed by atoms with van der Waals surface area (Å²) in [5, 5.41) is 15.7. The van der Waals surface area contributed by atoms with Crippen LogP contribution in [-0.2, 0) is 23.9 Å². The molecule has 2 aromatic carbocycles. The van der Waals surface area contributed by atoms with Crippen molar-refractivity contribution in [2.45, 2.75) is 19.8 Å². The largest absolute Gasteiger partial charge is 0.468 e. The number of carbonyl (C=O) groups excluding carboxylic acids is 4. The lowest BCUT2D eigenvalue weighted by atomic mass is 9.78.